The van der Waals surface area contributed by atoms with Crippen LogP contribution in [0.15, 0.2) is 39.7 Å². The van der Waals surface area contributed by atoms with Gasteiger partial charge in [-0.2, -0.15) is 11.3 Å². The van der Waals surface area contributed by atoms with Gasteiger partial charge in [0.1, 0.15) is 0 Å². The van der Waals surface area contributed by atoms with Crippen LogP contribution in [0, 0.1) is 0 Å². The first-order chi connectivity index (χ1) is 6.63. The summed E-state index contributed by atoms with van der Waals surface area (Å²) in [4.78, 5) is 0. The van der Waals surface area contributed by atoms with E-state index in [1.54, 1.807) is 17.4 Å². The third-order valence-electron chi connectivity index (χ3n) is 2.42. The molecule has 4 heteroatoms. The Labute approximate surface area is 91.9 Å². The van der Waals surface area contributed by atoms with Crippen molar-refractivity contribution in [2.75, 3.05) is 0 Å². The fourth-order valence-corrected chi connectivity index (χ4v) is 2.54. The molecule has 0 fully saturated rings. The SMILES string of the molecule is NC1=CCC(N)(c2ccsc2)C(Cl)=C1. The van der Waals surface area contributed by atoms with Gasteiger partial charge in [-0.05, 0) is 34.9 Å². The Morgan fingerprint density at radius 1 is 1.50 bits per heavy atom. The highest BCUT2D eigenvalue weighted by atomic mass is 35.5. The molecule has 0 amide bonds. The number of rotatable bonds is 1. The van der Waals surface area contributed by atoms with Gasteiger partial charge in [0.25, 0.3) is 0 Å². The van der Waals surface area contributed by atoms with E-state index in [1.807, 2.05) is 22.9 Å². The molecule has 1 aliphatic carbocycles. The molecule has 1 aromatic heterocycles. The van der Waals surface area contributed by atoms with E-state index in [1.165, 1.54) is 0 Å². The molecule has 0 radical (unpaired) electrons. The van der Waals surface area contributed by atoms with Gasteiger partial charge < -0.3 is 11.5 Å². The van der Waals surface area contributed by atoms with E-state index in [4.69, 9.17) is 23.1 Å². The number of allylic oxidation sites excluding steroid dienone is 1. The lowest BCUT2D eigenvalue weighted by Gasteiger charge is -2.30. The summed E-state index contributed by atoms with van der Waals surface area (Å²) in [5.74, 6) is 0. The standard InChI is InChI=1S/C10H11ClN2S/c11-9-5-8(12)1-3-10(9,13)7-2-4-14-6-7/h1-2,4-6H,3,12-13H2. The number of hydrogen-bond donors (Lipinski definition) is 2. The summed E-state index contributed by atoms with van der Waals surface area (Å²) in [6, 6.07) is 2.00. The van der Waals surface area contributed by atoms with Crippen LogP contribution in [-0.4, -0.2) is 0 Å². The summed E-state index contributed by atoms with van der Waals surface area (Å²) in [6.07, 6.45) is 4.29. The van der Waals surface area contributed by atoms with Crippen LogP contribution in [0.1, 0.15) is 12.0 Å². The summed E-state index contributed by atoms with van der Waals surface area (Å²) in [6.45, 7) is 0. The van der Waals surface area contributed by atoms with Crippen molar-refractivity contribution in [3.63, 3.8) is 0 Å². The highest BCUT2D eigenvalue weighted by molar-refractivity contribution is 7.08. The third kappa shape index (κ3) is 1.47. The summed E-state index contributed by atoms with van der Waals surface area (Å²) in [5.41, 5.74) is 13.0. The zero-order chi connectivity index (χ0) is 10.2. The Hall–Kier alpha value is -0.770. The van der Waals surface area contributed by atoms with Crippen molar-refractivity contribution < 1.29 is 0 Å². The fraction of sp³-hybridized carbons (Fsp3) is 0.200. The van der Waals surface area contributed by atoms with Gasteiger partial charge in [-0.1, -0.05) is 17.7 Å². The minimum absolute atomic E-state index is 0.579. The zero-order valence-corrected chi connectivity index (χ0v) is 9.11. The van der Waals surface area contributed by atoms with Crippen LogP contribution >= 0.6 is 22.9 Å². The van der Waals surface area contributed by atoms with E-state index in [-0.39, 0.29) is 0 Å². The first-order valence-corrected chi connectivity index (χ1v) is 5.60. The lowest BCUT2D eigenvalue weighted by atomic mass is 9.86. The van der Waals surface area contributed by atoms with Gasteiger partial charge >= 0.3 is 0 Å². The van der Waals surface area contributed by atoms with E-state index < -0.39 is 5.54 Å². The third-order valence-corrected chi connectivity index (χ3v) is 3.55. The lowest BCUT2D eigenvalue weighted by Crippen LogP contribution is -2.38. The molecule has 14 heavy (non-hydrogen) atoms. The molecule has 0 bridgehead atoms. The van der Waals surface area contributed by atoms with Crippen LogP contribution in [-0.2, 0) is 5.54 Å². The van der Waals surface area contributed by atoms with Gasteiger partial charge in [-0.15, -0.1) is 0 Å². The average molecular weight is 227 g/mol. The van der Waals surface area contributed by atoms with Crippen LogP contribution < -0.4 is 11.5 Å². The lowest BCUT2D eigenvalue weighted by molar-refractivity contribution is 0.551. The minimum atomic E-state index is -0.579. The predicted octanol–water partition coefficient (Wildman–Crippen LogP) is 2.27. The molecule has 0 aliphatic heterocycles. The van der Waals surface area contributed by atoms with E-state index in [0.29, 0.717) is 17.2 Å². The Bertz CT molecular complexity index is 394. The molecule has 1 unspecified atom stereocenters. The maximum absolute atomic E-state index is 6.24. The van der Waals surface area contributed by atoms with Gasteiger partial charge in [0.2, 0.25) is 0 Å². The molecule has 2 nitrogen and oxygen atoms in total. The van der Waals surface area contributed by atoms with Gasteiger partial charge in [0, 0.05) is 10.7 Å². The number of halogens is 1. The van der Waals surface area contributed by atoms with Gasteiger partial charge in [0.05, 0.1) is 5.54 Å². The second kappa shape index (κ2) is 3.42. The maximum atomic E-state index is 6.24. The Morgan fingerprint density at radius 2 is 2.29 bits per heavy atom. The maximum Gasteiger partial charge on any atom is 0.0817 e. The highest BCUT2D eigenvalue weighted by Gasteiger charge is 2.32. The smallest absolute Gasteiger partial charge is 0.0817 e. The van der Waals surface area contributed by atoms with Crippen molar-refractivity contribution in [3.05, 3.63) is 45.3 Å². The van der Waals surface area contributed by atoms with E-state index in [0.717, 1.165) is 5.56 Å². The topological polar surface area (TPSA) is 52.0 Å². The molecule has 74 valence electrons. The first kappa shape index (κ1) is 9.77. The molecule has 0 aromatic carbocycles. The van der Waals surface area contributed by atoms with Crippen LogP contribution in [0.25, 0.3) is 0 Å². The molecule has 1 atom stereocenters. The predicted molar refractivity (Wildman–Crippen MR) is 61.0 cm³/mol. The van der Waals surface area contributed by atoms with Gasteiger partial charge in [-0.25, -0.2) is 0 Å². The minimum Gasteiger partial charge on any atom is -0.399 e. The molecule has 4 N–H and O–H groups in total. The molecular formula is C10H11ClN2S. The second-order valence-corrected chi connectivity index (χ2v) is 4.57. The second-order valence-electron chi connectivity index (χ2n) is 3.38. The summed E-state index contributed by atoms with van der Waals surface area (Å²) < 4.78 is 0. The van der Waals surface area contributed by atoms with Crippen molar-refractivity contribution in [2.45, 2.75) is 12.0 Å². The monoisotopic (exact) mass is 226 g/mol. The Balaban J connectivity index is 2.41. The summed E-state index contributed by atoms with van der Waals surface area (Å²) in [5, 5.41) is 4.62. The average Bonchev–Trinajstić information content (AvgIpc) is 2.65. The molecule has 0 saturated carbocycles. The highest BCUT2D eigenvalue weighted by Crippen LogP contribution is 2.37. The molecule has 1 aliphatic rings. The van der Waals surface area contributed by atoms with Crippen molar-refractivity contribution >= 4 is 22.9 Å². The zero-order valence-electron chi connectivity index (χ0n) is 7.53. The van der Waals surface area contributed by atoms with Crippen molar-refractivity contribution in [2.24, 2.45) is 11.5 Å². The first-order valence-electron chi connectivity index (χ1n) is 4.28. The van der Waals surface area contributed by atoms with Crippen LogP contribution in [0.5, 0.6) is 0 Å². The van der Waals surface area contributed by atoms with Crippen LogP contribution in [0.3, 0.4) is 0 Å². The molecule has 0 spiro atoms. The Kier molecular flexibility index (Phi) is 2.39. The molecule has 2 rings (SSSR count). The molecule has 1 heterocycles. The van der Waals surface area contributed by atoms with E-state index >= 15 is 0 Å². The number of nitrogens with two attached hydrogens (primary N) is 2. The van der Waals surface area contributed by atoms with Crippen molar-refractivity contribution in [1.29, 1.82) is 0 Å². The van der Waals surface area contributed by atoms with Gasteiger partial charge in [-0.3, -0.25) is 0 Å². The van der Waals surface area contributed by atoms with Crippen LogP contribution in [0.4, 0.5) is 0 Å². The van der Waals surface area contributed by atoms with Crippen molar-refractivity contribution in [1.82, 2.24) is 0 Å². The fourth-order valence-electron chi connectivity index (χ4n) is 1.48. The molecule has 1 aromatic rings. The summed E-state index contributed by atoms with van der Waals surface area (Å²) >= 11 is 7.75. The number of hydrogen-bond acceptors (Lipinski definition) is 3. The summed E-state index contributed by atoms with van der Waals surface area (Å²) in [7, 11) is 0. The Morgan fingerprint density at radius 3 is 2.86 bits per heavy atom. The number of thiophene rings is 1. The van der Waals surface area contributed by atoms with Gasteiger partial charge in [0.15, 0.2) is 0 Å². The molecule has 0 saturated heterocycles. The van der Waals surface area contributed by atoms with Crippen LogP contribution in [0.2, 0.25) is 0 Å². The quantitative estimate of drug-likeness (QED) is 0.772. The normalized spacial score (nSPS) is 27.0. The van der Waals surface area contributed by atoms with E-state index in [2.05, 4.69) is 0 Å². The largest absolute Gasteiger partial charge is 0.399 e. The van der Waals surface area contributed by atoms with E-state index in [9.17, 15) is 0 Å². The molecular weight excluding hydrogens is 216 g/mol. The van der Waals surface area contributed by atoms with Crippen molar-refractivity contribution in [3.8, 4) is 0 Å².